The molecular formula is C14H15F3N2. The zero-order valence-corrected chi connectivity index (χ0v) is 10.5. The largest absolute Gasteiger partial charge is 0.391 e. The SMILES string of the molecule is N#Cc1ccccc1CN1CCC(C(F)(F)F)CC1. The standard InChI is InChI=1S/C14H15F3N2/c15-14(16,17)13-5-7-19(8-6-13)10-12-4-2-1-3-11(12)9-18/h1-4,13H,5-8,10H2. The van der Waals surface area contributed by atoms with E-state index in [9.17, 15) is 13.2 Å². The molecule has 2 nitrogen and oxygen atoms in total. The molecule has 5 heteroatoms. The fourth-order valence-electron chi connectivity index (χ4n) is 2.43. The van der Waals surface area contributed by atoms with Gasteiger partial charge in [-0.15, -0.1) is 0 Å². The van der Waals surface area contributed by atoms with Crippen molar-refractivity contribution in [1.82, 2.24) is 4.90 Å². The smallest absolute Gasteiger partial charge is 0.299 e. The predicted molar refractivity (Wildman–Crippen MR) is 65.2 cm³/mol. The van der Waals surface area contributed by atoms with Crippen molar-refractivity contribution in [1.29, 1.82) is 5.26 Å². The van der Waals surface area contributed by atoms with Crippen LogP contribution in [0.5, 0.6) is 0 Å². The summed E-state index contributed by atoms with van der Waals surface area (Å²) in [5, 5.41) is 8.98. The van der Waals surface area contributed by atoms with Gasteiger partial charge in [-0.1, -0.05) is 18.2 Å². The van der Waals surface area contributed by atoms with Crippen molar-refractivity contribution in [2.45, 2.75) is 25.6 Å². The second-order valence-electron chi connectivity index (χ2n) is 4.86. The van der Waals surface area contributed by atoms with E-state index in [1.165, 1.54) is 0 Å². The summed E-state index contributed by atoms with van der Waals surface area (Å²) < 4.78 is 37.7. The van der Waals surface area contributed by atoms with E-state index in [1.54, 1.807) is 12.1 Å². The molecule has 0 aliphatic carbocycles. The van der Waals surface area contributed by atoms with Crippen molar-refractivity contribution in [3.63, 3.8) is 0 Å². The molecule has 1 heterocycles. The van der Waals surface area contributed by atoms with Crippen molar-refractivity contribution in [3.05, 3.63) is 35.4 Å². The van der Waals surface area contributed by atoms with Gasteiger partial charge in [0.1, 0.15) is 0 Å². The highest BCUT2D eigenvalue weighted by atomic mass is 19.4. The first-order valence-electron chi connectivity index (χ1n) is 6.28. The molecule has 0 N–H and O–H groups in total. The van der Waals surface area contributed by atoms with Crippen LogP contribution in [-0.2, 0) is 6.54 Å². The number of hydrogen-bond acceptors (Lipinski definition) is 2. The normalized spacial score (nSPS) is 18.2. The molecule has 102 valence electrons. The number of halogens is 3. The molecule has 0 spiro atoms. The first-order valence-corrected chi connectivity index (χ1v) is 6.28. The Hall–Kier alpha value is -1.54. The van der Waals surface area contributed by atoms with Gasteiger partial charge in [0.05, 0.1) is 17.6 Å². The Labute approximate surface area is 110 Å². The van der Waals surface area contributed by atoms with E-state index >= 15 is 0 Å². The number of alkyl halides is 3. The maximum Gasteiger partial charge on any atom is 0.391 e. The molecule has 1 aromatic rings. The van der Waals surface area contributed by atoms with Gasteiger partial charge >= 0.3 is 6.18 Å². The predicted octanol–water partition coefficient (Wildman–Crippen LogP) is 3.33. The van der Waals surface area contributed by atoms with E-state index < -0.39 is 12.1 Å². The minimum absolute atomic E-state index is 0.151. The van der Waals surface area contributed by atoms with Crippen LogP contribution in [0.15, 0.2) is 24.3 Å². The third-order valence-electron chi connectivity index (χ3n) is 3.58. The Morgan fingerprint density at radius 3 is 2.42 bits per heavy atom. The number of rotatable bonds is 2. The second kappa shape index (κ2) is 5.62. The van der Waals surface area contributed by atoms with Crippen LogP contribution in [0, 0.1) is 17.2 Å². The van der Waals surface area contributed by atoms with Crippen LogP contribution >= 0.6 is 0 Å². The van der Waals surface area contributed by atoms with E-state index in [0.717, 1.165) is 5.56 Å². The zero-order chi connectivity index (χ0) is 13.9. The van der Waals surface area contributed by atoms with Crippen molar-refractivity contribution < 1.29 is 13.2 Å². The molecule has 1 aliphatic heterocycles. The van der Waals surface area contributed by atoms with E-state index in [1.807, 2.05) is 17.0 Å². The number of likely N-dealkylation sites (tertiary alicyclic amines) is 1. The van der Waals surface area contributed by atoms with Crippen LogP contribution in [0.4, 0.5) is 13.2 Å². The summed E-state index contributed by atoms with van der Waals surface area (Å²) in [7, 11) is 0. The first kappa shape index (κ1) is 13.9. The Morgan fingerprint density at radius 1 is 1.21 bits per heavy atom. The average Bonchev–Trinajstić information content (AvgIpc) is 2.39. The molecule has 1 saturated heterocycles. The molecule has 1 fully saturated rings. The van der Waals surface area contributed by atoms with Crippen LogP contribution in [0.3, 0.4) is 0 Å². The van der Waals surface area contributed by atoms with Crippen LogP contribution in [0.1, 0.15) is 24.0 Å². The lowest BCUT2D eigenvalue weighted by Crippen LogP contribution is -2.38. The van der Waals surface area contributed by atoms with Crippen molar-refractivity contribution in [3.8, 4) is 6.07 Å². The summed E-state index contributed by atoms with van der Waals surface area (Å²) in [5.41, 5.74) is 1.48. The number of nitriles is 1. The van der Waals surface area contributed by atoms with Gasteiger partial charge in [-0.25, -0.2) is 0 Å². The molecule has 1 aliphatic rings. The van der Waals surface area contributed by atoms with Crippen LogP contribution < -0.4 is 0 Å². The Balaban J connectivity index is 1.95. The van der Waals surface area contributed by atoms with Gasteiger partial charge in [0.15, 0.2) is 0 Å². The van der Waals surface area contributed by atoms with Crippen LogP contribution in [0.25, 0.3) is 0 Å². The lowest BCUT2D eigenvalue weighted by atomic mass is 9.95. The van der Waals surface area contributed by atoms with Gasteiger partial charge in [-0.2, -0.15) is 18.4 Å². The molecule has 19 heavy (non-hydrogen) atoms. The maximum atomic E-state index is 12.6. The molecular weight excluding hydrogens is 253 g/mol. The monoisotopic (exact) mass is 268 g/mol. The van der Waals surface area contributed by atoms with Gasteiger partial charge in [-0.05, 0) is 37.6 Å². The number of hydrogen-bond donors (Lipinski definition) is 0. The van der Waals surface area contributed by atoms with Gasteiger partial charge in [0, 0.05) is 6.54 Å². The van der Waals surface area contributed by atoms with Crippen LogP contribution in [-0.4, -0.2) is 24.2 Å². The van der Waals surface area contributed by atoms with E-state index in [4.69, 9.17) is 5.26 Å². The Morgan fingerprint density at radius 2 is 1.84 bits per heavy atom. The molecule has 0 bridgehead atoms. The summed E-state index contributed by atoms with van der Waals surface area (Å²) in [6, 6.07) is 9.34. The summed E-state index contributed by atoms with van der Waals surface area (Å²) in [5.74, 6) is -1.17. The molecule has 0 atom stereocenters. The molecule has 0 unspecified atom stereocenters. The summed E-state index contributed by atoms with van der Waals surface area (Å²) >= 11 is 0. The van der Waals surface area contributed by atoms with E-state index in [-0.39, 0.29) is 12.8 Å². The van der Waals surface area contributed by atoms with Crippen molar-refractivity contribution in [2.75, 3.05) is 13.1 Å². The maximum absolute atomic E-state index is 12.6. The molecule has 0 radical (unpaired) electrons. The van der Waals surface area contributed by atoms with Gasteiger partial charge in [0.2, 0.25) is 0 Å². The number of benzene rings is 1. The lowest BCUT2D eigenvalue weighted by molar-refractivity contribution is -0.185. The first-order chi connectivity index (χ1) is 9.00. The highest BCUT2D eigenvalue weighted by Crippen LogP contribution is 2.34. The Kier molecular flexibility index (Phi) is 4.11. The van der Waals surface area contributed by atoms with E-state index in [0.29, 0.717) is 25.2 Å². The highest BCUT2D eigenvalue weighted by molar-refractivity contribution is 5.37. The summed E-state index contributed by atoms with van der Waals surface area (Å²) in [6.45, 7) is 1.42. The fourth-order valence-corrected chi connectivity index (χ4v) is 2.43. The van der Waals surface area contributed by atoms with E-state index in [2.05, 4.69) is 6.07 Å². The highest BCUT2D eigenvalue weighted by Gasteiger charge is 2.40. The summed E-state index contributed by atoms with van der Waals surface area (Å²) in [6.07, 6.45) is -3.77. The minimum Gasteiger partial charge on any atom is -0.299 e. The topological polar surface area (TPSA) is 27.0 Å². The summed E-state index contributed by atoms with van der Waals surface area (Å²) in [4.78, 5) is 1.98. The lowest BCUT2D eigenvalue weighted by Gasteiger charge is -2.33. The van der Waals surface area contributed by atoms with Crippen LogP contribution in [0.2, 0.25) is 0 Å². The average molecular weight is 268 g/mol. The second-order valence-corrected chi connectivity index (χ2v) is 4.86. The zero-order valence-electron chi connectivity index (χ0n) is 10.5. The quantitative estimate of drug-likeness (QED) is 0.822. The number of piperidine rings is 1. The van der Waals surface area contributed by atoms with Crippen molar-refractivity contribution in [2.24, 2.45) is 5.92 Å². The minimum atomic E-state index is -4.07. The molecule has 2 rings (SSSR count). The van der Waals surface area contributed by atoms with Gasteiger partial charge in [0.25, 0.3) is 0 Å². The number of nitrogens with zero attached hydrogens (tertiary/aromatic N) is 2. The molecule has 0 saturated carbocycles. The molecule has 0 amide bonds. The van der Waals surface area contributed by atoms with Gasteiger partial charge < -0.3 is 0 Å². The molecule has 0 aromatic heterocycles. The molecule has 1 aromatic carbocycles. The van der Waals surface area contributed by atoms with Crippen molar-refractivity contribution >= 4 is 0 Å². The van der Waals surface area contributed by atoms with Gasteiger partial charge in [-0.3, -0.25) is 4.90 Å². The fraction of sp³-hybridized carbons (Fsp3) is 0.500. The third kappa shape index (κ3) is 3.48. The Bertz CT molecular complexity index is 468. The third-order valence-corrected chi connectivity index (χ3v) is 3.58.